The van der Waals surface area contributed by atoms with Crippen molar-refractivity contribution in [3.63, 3.8) is 0 Å². The second-order valence-corrected chi connectivity index (χ2v) is 9.59. The lowest BCUT2D eigenvalue weighted by atomic mass is 9.94. The van der Waals surface area contributed by atoms with E-state index in [2.05, 4.69) is 29.5 Å². The molecule has 3 aromatic rings. The Morgan fingerprint density at radius 1 is 1.11 bits per heavy atom. The number of hydrogen-bond acceptors (Lipinski definition) is 3. The molecule has 0 unspecified atom stereocenters. The summed E-state index contributed by atoms with van der Waals surface area (Å²) in [6.45, 7) is 7.45. The molecule has 180 valence electrons. The van der Waals surface area contributed by atoms with Crippen LogP contribution in [0.5, 0.6) is 0 Å². The van der Waals surface area contributed by atoms with Crippen molar-refractivity contribution >= 4 is 29.2 Å². The highest BCUT2D eigenvalue weighted by molar-refractivity contribution is 6.36. The highest BCUT2D eigenvalue weighted by atomic mass is 19.1. The Morgan fingerprint density at radius 2 is 1.86 bits per heavy atom. The van der Waals surface area contributed by atoms with Gasteiger partial charge in [-0.05, 0) is 67.8 Å². The minimum atomic E-state index is -0.333. The number of H-pyrrole nitrogens is 1. The zero-order chi connectivity index (χ0) is 24.7. The number of halogens is 1. The number of piperazine rings is 1. The van der Waals surface area contributed by atoms with Crippen LogP contribution in [0.3, 0.4) is 0 Å². The number of hydrogen-bond donors (Lipinski definition) is 3. The number of amides is 2. The summed E-state index contributed by atoms with van der Waals surface area (Å²) in [4.78, 5) is 31.4. The van der Waals surface area contributed by atoms with E-state index < -0.39 is 0 Å². The average molecular weight is 473 g/mol. The first-order valence-electron chi connectivity index (χ1n) is 11.9. The SMILES string of the molecule is Cc1cc(CC(=O)N2C[C@@H](C)N[C@@H](C)C2)c(C=C2C(=O)Nc3cccc(-c4cccc(F)c4)c32)[nH]1. The van der Waals surface area contributed by atoms with Gasteiger partial charge in [-0.3, -0.25) is 9.59 Å². The molecule has 7 heteroatoms. The first-order valence-corrected chi connectivity index (χ1v) is 11.9. The molecule has 3 N–H and O–H groups in total. The van der Waals surface area contributed by atoms with E-state index >= 15 is 0 Å². The number of aromatic amines is 1. The van der Waals surface area contributed by atoms with Gasteiger partial charge in [0.2, 0.25) is 5.91 Å². The number of benzene rings is 2. The number of anilines is 1. The molecule has 0 spiro atoms. The number of aryl methyl sites for hydroxylation is 1. The Hall–Kier alpha value is -3.71. The quantitative estimate of drug-likeness (QED) is 0.494. The topological polar surface area (TPSA) is 77.2 Å². The van der Waals surface area contributed by atoms with E-state index in [1.54, 1.807) is 6.07 Å². The number of rotatable bonds is 4. The highest BCUT2D eigenvalue weighted by Gasteiger charge is 2.29. The molecule has 0 saturated carbocycles. The third-order valence-electron chi connectivity index (χ3n) is 6.57. The van der Waals surface area contributed by atoms with Gasteiger partial charge >= 0.3 is 0 Å². The summed E-state index contributed by atoms with van der Waals surface area (Å²) in [5.41, 5.74) is 5.88. The van der Waals surface area contributed by atoms with Crippen molar-refractivity contribution in [2.75, 3.05) is 18.4 Å². The Balaban J connectivity index is 1.50. The van der Waals surface area contributed by atoms with E-state index in [4.69, 9.17) is 0 Å². The number of nitrogens with zero attached hydrogens (tertiary/aromatic N) is 1. The van der Waals surface area contributed by atoms with Crippen molar-refractivity contribution in [2.24, 2.45) is 0 Å². The largest absolute Gasteiger partial charge is 0.359 e. The molecule has 1 aromatic heterocycles. The van der Waals surface area contributed by atoms with Crippen LogP contribution in [0.15, 0.2) is 48.5 Å². The number of carbonyl (C=O) groups is 2. The zero-order valence-electron chi connectivity index (χ0n) is 20.1. The van der Waals surface area contributed by atoms with Gasteiger partial charge in [-0.25, -0.2) is 4.39 Å². The molecule has 0 bridgehead atoms. The van der Waals surface area contributed by atoms with E-state index in [0.717, 1.165) is 28.1 Å². The smallest absolute Gasteiger partial charge is 0.256 e. The molecule has 2 amide bonds. The Morgan fingerprint density at radius 3 is 2.60 bits per heavy atom. The maximum Gasteiger partial charge on any atom is 0.256 e. The number of fused-ring (bicyclic) bond motifs is 1. The van der Waals surface area contributed by atoms with Gasteiger partial charge in [-0.2, -0.15) is 0 Å². The molecule has 35 heavy (non-hydrogen) atoms. The average Bonchev–Trinajstić information content (AvgIpc) is 3.31. The molecular formula is C28H29FN4O2. The van der Waals surface area contributed by atoms with Gasteiger partial charge in [0.25, 0.3) is 5.91 Å². The van der Waals surface area contributed by atoms with Crippen LogP contribution in [0.4, 0.5) is 10.1 Å². The molecule has 3 heterocycles. The van der Waals surface area contributed by atoms with Gasteiger partial charge in [0.1, 0.15) is 5.82 Å². The summed E-state index contributed by atoms with van der Waals surface area (Å²) in [6, 6.07) is 14.4. The van der Waals surface area contributed by atoms with E-state index in [0.29, 0.717) is 29.9 Å². The number of aromatic nitrogens is 1. The third kappa shape index (κ3) is 4.64. The van der Waals surface area contributed by atoms with Crippen LogP contribution in [0, 0.1) is 12.7 Å². The van der Waals surface area contributed by atoms with Gasteiger partial charge in [0.05, 0.1) is 12.0 Å². The minimum absolute atomic E-state index is 0.0700. The normalized spacial score (nSPS) is 20.7. The molecule has 5 rings (SSSR count). The molecule has 1 fully saturated rings. The summed E-state index contributed by atoms with van der Waals surface area (Å²) < 4.78 is 14.0. The maximum atomic E-state index is 14.0. The summed E-state index contributed by atoms with van der Waals surface area (Å²) in [7, 11) is 0. The van der Waals surface area contributed by atoms with E-state index in [9.17, 15) is 14.0 Å². The first-order chi connectivity index (χ1) is 16.8. The summed E-state index contributed by atoms with van der Waals surface area (Å²) in [6.07, 6.45) is 2.06. The lowest BCUT2D eigenvalue weighted by Gasteiger charge is -2.36. The number of carbonyl (C=O) groups excluding carboxylic acids is 2. The first kappa shape index (κ1) is 23.1. The van der Waals surface area contributed by atoms with Gasteiger partial charge in [-0.15, -0.1) is 0 Å². The summed E-state index contributed by atoms with van der Waals surface area (Å²) >= 11 is 0. The Labute approximate surface area is 204 Å². The summed E-state index contributed by atoms with van der Waals surface area (Å²) in [5, 5.41) is 6.37. The predicted octanol–water partition coefficient (Wildman–Crippen LogP) is 4.37. The molecule has 2 aliphatic rings. The predicted molar refractivity (Wildman–Crippen MR) is 136 cm³/mol. The second kappa shape index (κ2) is 9.15. The van der Waals surface area contributed by atoms with Crippen LogP contribution in [-0.4, -0.2) is 46.9 Å². The van der Waals surface area contributed by atoms with Crippen LogP contribution in [0.2, 0.25) is 0 Å². The molecule has 2 aliphatic heterocycles. The lowest BCUT2D eigenvalue weighted by molar-refractivity contribution is -0.132. The van der Waals surface area contributed by atoms with Crippen molar-refractivity contribution in [3.05, 3.63) is 76.9 Å². The Kier molecular flexibility index (Phi) is 6.03. The van der Waals surface area contributed by atoms with Crippen molar-refractivity contribution < 1.29 is 14.0 Å². The molecule has 6 nitrogen and oxygen atoms in total. The van der Waals surface area contributed by atoms with E-state index in [1.165, 1.54) is 12.1 Å². The maximum absolute atomic E-state index is 14.0. The molecule has 1 saturated heterocycles. The van der Waals surface area contributed by atoms with Crippen LogP contribution in [0.1, 0.15) is 36.4 Å². The van der Waals surface area contributed by atoms with E-state index in [-0.39, 0.29) is 36.1 Å². The zero-order valence-corrected chi connectivity index (χ0v) is 20.1. The molecule has 0 aliphatic carbocycles. The molecular weight excluding hydrogens is 443 g/mol. The van der Waals surface area contributed by atoms with Crippen molar-refractivity contribution in [1.29, 1.82) is 0 Å². The molecule has 0 radical (unpaired) electrons. The van der Waals surface area contributed by atoms with Crippen molar-refractivity contribution in [3.8, 4) is 11.1 Å². The van der Waals surface area contributed by atoms with Crippen LogP contribution in [0.25, 0.3) is 22.8 Å². The fraction of sp³-hybridized carbons (Fsp3) is 0.286. The van der Waals surface area contributed by atoms with Crippen LogP contribution in [-0.2, 0) is 16.0 Å². The van der Waals surface area contributed by atoms with Crippen molar-refractivity contribution in [2.45, 2.75) is 39.3 Å². The fourth-order valence-corrected chi connectivity index (χ4v) is 5.18. The fourth-order valence-electron chi connectivity index (χ4n) is 5.18. The monoisotopic (exact) mass is 472 g/mol. The van der Waals surface area contributed by atoms with Gasteiger partial charge in [0, 0.05) is 47.8 Å². The van der Waals surface area contributed by atoms with E-state index in [1.807, 2.05) is 48.2 Å². The lowest BCUT2D eigenvalue weighted by Crippen LogP contribution is -2.56. The molecule has 2 atom stereocenters. The standard InChI is InChI=1S/C28H29FN4O2/c1-16-10-20(12-26(34)33-14-17(2)30-18(3)15-33)25(31-16)13-23-27-22(19-6-4-7-21(29)11-19)8-5-9-24(27)32-28(23)35/h4-11,13,17-18,30-31H,12,14-15H2,1-3H3,(H,32,35)/t17-,18+. The minimum Gasteiger partial charge on any atom is -0.359 e. The van der Waals surface area contributed by atoms with Gasteiger partial charge in [0.15, 0.2) is 0 Å². The molecule has 2 aromatic carbocycles. The van der Waals surface area contributed by atoms with Crippen LogP contribution < -0.4 is 10.6 Å². The Bertz CT molecular complexity index is 1330. The third-order valence-corrected chi connectivity index (χ3v) is 6.57. The van der Waals surface area contributed by atoms with Gasteiger partial charge < -0.3 is 20.5 Å². The van der Waals surface area contributed by atoms with Crippen molar-refractivity contribution in [1.82, 2.24) is 15.2 Å². The van der Waals surface area contributed by atoms with Crippen LogP contribution >= 0.6 is 0 Å². The summed E-state index contributed by atoms with van der Waals surface area (Å²) in [5.74, 6) is -0.487. The highest BCUT2D eigenvalue weighted by Crippen LogP contribution is 2.40. The number of nitrogens with one attached hydrogen (secondary N) is 3. The second-order valence-electron chi connectivity index (χ2n) is 9.59. The van der Waals surface area contributed by atoms with Gasteiger partial charge in [-0.1, -0.05) is 24.3 Å².